The van der Waals surface area contributed by atoms with E-state index in [-0.39, 0.29) is 11.2 Å². The maximum atomic E-state index is 12.9. The molecule has 1 aromatic carbocycles. The Labute approximate surface area is 104 Å². The molecule has 1 N–H and O–H groups in total. The molecule has 0 aromatic heterocycles. The maximum absolute atomic E-state index is 12.9. The Morgan fingerprint density at radius 1 is 1.18 bits per heavy atom. The minimum Gasteiger partial charge on any atom is -0.313 e. The van der Waals surface area contributed by atoms with E-state index in [4.69, 9.17) is 0 Å². The molecule has 96 valence electrons. The minimum absolute atomic E-state index is 0.163. The van der Waals surface area contributed by atoms with Crippen LogP contribution in [0.25, 0.3) is 0 Å². The van der Waals surface area contributed by atoms with Gasteiger partial charge in [-0.15, -0.1) is 0 Å². The summed E-state index contributed by atoms with van der Waals surface area (Å²) >= 11 is 0. The molecule has 0 spiro atoms. The highest BCUT2D eigenvalue weighted by molar-refractivity contribution is 5.17. The average molecular weight is 237 g/mol. The van der Waals surface area contributed by atoms with Crippen LogP contribution >= 0.6 is 0 Å². The Balaban J connectivity index is 2.76. The van der Waals surface area contributed by atoms with Crippen LogP contribution in [0.2, 0.25) is 0 Å². The van der Waals surface area contributed by atoms with Gasteiger partial charge in [-0.05, 0) is 42.5 Å². The molecule has 0 aliphatic heterocycles. The fraction of sp³-hybridized carbons (Fsp3) is 0.600. The molecule has 0 radical (unpaired) electrons. The fourth-order valence-electron chi connectivity index (χ4n) is 1.97. The zero-order valence-electron chi connectivity index (χ0n) is 11.4. The molecule has 0 aliphatic carbocycles. The summed E-state index contributed by atoms with van der Waals surface area (Å²) in [6.45, 7) is 9.88. The summed E-state index contributed by atoms with van der Waals surface area (Å²) in [7, 11) is 0. The summed E-state index contributed by atoms with van der Waals surface area (Å²) in [5.41, 5.74) is 1.45. The van der Waals surface area contributed by atoms with Crippen LogP contribution in [0.5, 0.6) is 0 Å². The SMILES string of the molecule is CCNC(Cc1ccc(F)cc1)C(C)(C)CC. The highest BCUT2D eigenvalue weighted by Crippen LogP contribution is 2.27. The third kappa shape index (κ3) is 4.12. The van der Waals surface area contributed by atoms with Gasteiger partial charge in [0.1, 0.15) is 5.82 Å². The van der Waals surface area contributed by atoms with E-state index in [1.165, 1.54) is 17.7 Å². The van der Waals surface area contributed by atoms with Crippen molar-refractivity contribution in [2.75, 3.05) is 6.54 Å². The molecule has 17 heavy (non-hydrogen) atoms. The third-order valence-electron chi connectivity index (χ3n) is 3.66. The van der Waals surface area contributed by atoms with Crippen molar-refractivity contribution in [3.05, 3.63) is 35.6 Å². The lowest BCUT2D eigenvalue weighted by Crippen LogP contribution is -2.43. The van der Waals surface area contributed by atoms with E-state index in [9.17, 15) is 4.39 Å². The summed E-state index contributed by atoms with van der Waals surface area (Å²) in [5.74, 6) is -0.163. The van der Waals surface area contributed by atoms with Crippen molar-refractivity contribution < 1.29 is 4.39 Å². The molecule has 0 fully saturated rings. The van der Waals surface area contributed by atoms with E-state index in [2.05, 4.69) is 33.0 Å². The molecule has 2 heteroatoms. The van der Waals surface area contributed by atoms with Gasteiger partial charge in [-0.2, -0.15) is 0 Å². The summed E-state index contributed by atoms with van der Waals surface area (Å²) in [4.78, 5) is 0. The van der Waals surface area contributed by atoms with Gasteiger partial charge in [0.05, 0.1) is 0 Å². The van der Waals surface area contributed by atoms with E-state index < -0.39 is 0 Å². The average Bonchev–Trinajstić information content (AvgIpc) is 2.31. The third-order valence-corrected chi connectivity index (χ3v) is 3.66. The Bertz CT molecular complexity index is 329. The van der Waals surface area contributed by atoms with E-state index in [0.717, 1.165) is 19.4 Å². The molecule has 0 amide bonds. The summed E-state index contributed by atoms with van der Waals surface area (Å²) in [6, 6.07) is 7.27. The first-order chi connectivity index (χ1) is 7.99. The molecule has 0 saturated heterocycles. The lowest BCUT2D eigenvalue weighted by Gasteiger charge is -2.34. The number of benzene rings is 1. The number of hydrogen-bond acceptors (Lipinski definition) is 1. The predicted molar refractivity (Wildman–Crippen MR) is 71.6 cm³/mol. The normalized spacial score (nSPS) is 13.7. The van der Waals surface area contributed by atoms with Crippen molar-refractivity contribution in [2.24, 2.45) is 5.41 Å². The quantitative estimate of drug-likeness (QED) is 0.794. The molecule has 0 heterocycles. The standard InChI is InChI=1S/C15H24FN/c1-5-15(3,4)14(17-6-2)11-12-7-9-13(16)10-8-12/h7-10,14,17H,5-6,11H2,1-4H3. The van der Waals surface area contributed by atoms with Crippen molar-refractivity contribution in [3.8, 4) is 0 Å². The van der Waals surface area contributed by atoms with E-state index in [0.29, 0.717) is 6.04 Å². The van der Waals surface area contributed by atoms with Crippen molar-refractivity contribution in [1.29, 1.82) is 0 Å². The van der Waals surface area contributed by atoms with Gasteiger partial charge in [-0.3, -0.25) is 0 Å². The van der Waals surface area contributed by atoms with Crippen molar-refractivity contribution in [2.45, 2.75) is 46.6 Å². The number of hydrogen-bond donors (Lipinski definition) is 1. The van der Waals surface area contributed by atoms with Crippen LogP contribution in [-0.4, -0.2) is 12.6 Å². The van der Waals surface area contributed by atoms with E-state index in [1.807, 2.05) is 12.1 Å². The number of halogens is 1. The summed E-state index contributed by atoms with van der Waals surface area (Å²) in [5, 5.41) is 3.54. The molecular weight excluding hydrogens is 213 g/mol. The topological polar surface area (TPSA) is 12.0 Å². The van der Waals surface area contributed by atoms with Gasteiger partial charge in [0.15, 0.2) is 0 Å². The smallest absolute Gasteiger partial charge is 0.123 e. The Kier molecular flexibility index (Phi) is 5.13. The van der Waals surface area contributed by atoms with Crippen molar-refractivity contribution in [1.82, 2.24) is 5.32 Å². The lowest BCUT2D eigenvalue weighted by atomic mass is 9.79. The maximum Gasteiger partial charge on any atom is 0.123 e. The van der Waals surface area contributed by atoms with Gasteiger partial charge < -0.3 is 5.32 Å². The number of nitrogens with one attached hydrogen (secondary N) is 1. The Hall–Kier alpha value is -0.890. The molecule has 1 unspecified atom stereocenters. The largest absolute Gasteiger partial charge is 0.313 e. The van der Waals surface area contributed by atoms with Gasteiger partial charge in [-0.25, -0.2) is 4.39 Å². The zero-order chi connectivity index (χ0) is 12.9. The van der Waals surface area contributed by atoms with Gasteiger partial charge >= 0.3 is 0 Å². The van der Waals surface area contributed by atoms with Crippen LogP contribution in [-0.2, 0) is 6.42 Å². The zero-order valence-corrected chi connectivity index (χ0v) is 11.4. The molecule has 0 saturated carbocycles. The van der Waals surface area contributed by atoms with E-state index >= 15 is 0 Å². The molecule has 1 rings (SSSR count). The number of rotatable bonds is 6. The van der Waals surface area contributed by atoms with Crippen LogP contribution in [0.15, 0.2) is 24.3 Å². The lowest BCUT2D eigenvalue weighted by molar-refractivity contribution is 0.232. The van der Waals surface area contributed by atoms with Crippen molar-refractivity contribution >= 4 is 0 Å². The molecular formula is C15H24FN. The highest BCUT2D eigenvalue weighted by atomic mass is 19.1. The monoisotopic (exact) mass is 237 g/mol. The number of likely N-dealkylation sites (N-methyl/N-ethyl adjacent to an activating group) is 1. The molecule has 1 atom stereocenters. The van der Waals surface area contributed by atoms with Gasteiger partial charge in [-0.1, -0.05) is 39.8 Å². The molecule has 1 aromatic rings. The highest BCUT2D eigenvalue weighted by Gasteiger charge is 2.26. The van der Waals surface area contributed by atoms with Crippen molar-refractivity contribution in [3.63, 3.8) is 0 Å². The minimum atomic E-state index is -0.163. The van der Waals surface area contributed by atoms with E-state index in [1.54, 1.807) is 0 Å². The first-order valence-corrected chi connectivity index (χ1v) is 6.47. The second-order valence-corrected chi connectivity index (χ2v) is 5.28. The molecule has 1 nitrogen and oxygen atoms in total. The molecule has 0 aliphatic rings. The Morgan fingerprint density at radius 3 is 2.24 bits per heavy atom. The van der Waals surface area contributed by atoms with Crippen LogP contribution in [0.3, 0.4) is 0 Å². The van der Waals surface area contributed by atoms with Crippen LogP contribution in [0.4, 0.5) is 4.39 Å². The van der Waals surface area contributed by atoms with Crippen LogP contribution in [0, 0.1) is 11.2 Å². The van der Waals surface area contributed by atoms with Gasteiger partial charge in [0.25, 0.3) is 0 Å². The van der Waals surface area contributed by atoms with Gasteiger partial charge in [0, 0.05) is 6.04 Å². The first-order valence-electron chi connectivity index (χ1n) is 6.47. The Morgan fingerprint density at radius 2 is 1.76 bits per heavy atom. The fourth-order valence-corrected chi connectivity index (χ4v) is 1.97. The first kappa shape index (κ1) is 14.2. The second-order valence-electron chi connectivity index (χ2n) is 5.28. The van der Waals surface area contributed by atoms with Gasteiger partial charge in [0.2, 0.25) is 0 Å². The predicted octanol–water partition coefficient (Wildman–Crippen LogP) is 3.78. The summed E-state index contributed by atoms with van der Waals surface area (Å²) < 4.78 is 12.9. The summed E-state index contributed by atoms with van der Waals surface area (Å²) in [6.07, 6.45) is 2.08. The second kappa shape index (κ2) is 6.15. The van der Waals surface area contributed by atoms with Crippen LogP contribution in [0.1, 0.15) is 39.7 Å². The van der Waals surface area contributed by atoms with Crippen LogP contribution < -0.4 is 5.32 Å². The molecule has 0 bridgehead atoms.